The molecule has 1 atom stereocenters. The first-order valence-electron chi connectivity index (χ1n) is 8.27. The number of carbonyl (C=O) groups excluding carboxylic acids is 2. The lowest BCUT2D eigenvalue weighted by molar-refractivity contribution is 0.0764. The summed E-state index contributed by atoms with van der Waals surface area (Å²) in [6.07, 6.45) is 5.75. The molecule has 1 N–H and O–H groups in total. The molecule has 1 saturated heterocycles. The van der Waals surface area contributed by atoms with Crippen molar-refractivity contribution in [1.82, 2.24) is 15.2 Å². The Kier molecular flexibility index (Phi) is 3.56. The topological polar surface area (TPSA) is 62.3 Å². The quantitative estimate of drug-likeness (QED) is 0.874. The molecule has 1 aromatic carbocycles. The Hall–Kier alpha value is -2.69. The molecule has 24 heavy (non-hydrogen) atoms. The molecule has 0 saturated carbocycles. The summed E-state index contributed by atoms with van der Waals surface area (Å²) in [5, 5.41) is 3.20. The molecule has 2 aromatic rings. The van der Waals surface area contributed by atoms with Crippen molar-refractivity contribution in [3.8, 4) is 0 Å². The highest BCUT2D eigenvalue weighted by molar-refractivity contribution is 5.97. The maximum atomic E-state index is 12.6. The SMILES string of the molecule is O=C1N[C@@]2(CCc3ccccc31)CCN(C(=O)c1cccnc1)C2. The third-order valence-corrected chi connectivity index (χ3v) is 5.06. The van der Waals surface area contributed by atoms with E-state index in [1.165, 1.54) is 0 Å². The van der Waals surface area contributed by atoms with Gasteiger partial charge in [-0.25, -0.2) is 0 Å². The number of aryl methyl sites for hydroxylation is 1. The second kappa shape index (κ2) is 5.74. The van der Waals surface area contributed by atoms with Gasteiger partial charge in [0.15, 0.2) is 0 Å². The highest BCUT2D eigenvalue weighted by Crippen LogP contribution is 2.31. The number of rotatable bonds is 1. The van der Waals surface area contributed by atoms with Crippen molar-refractivity contribution in [1.29, 1.82) is 0 Å². The molecule has 0 unspecified atom stereocenters. The minimum absolute atomic E-state index is 0.0176. The zero-order valence-electron chi connectivity index (χ0n) is 13.4. The van der Waals surface area contributed by atoms with Gasteiger partial charge in [-0.1, -0.05) is 18.2 Å². The van der Waals surface area contributed by atoms with Gasteiger partial charge in [-0.3, -0.25) is 14.6 Å². The van der Waals surface area contributed by atoms with Crippen molar-refractivity contribution in [3.05, 3.63) is 65.5 Å². The van der Waals surface area contributed by atoms with Crippen molar-refractivity contribution >= 4 is 11.8 Å². The lowest BCUT2D eigenvalue weighted by atomic mass is 9.91. The summed E-state index contributed by atoms with van der Waals surface area (Å²) in [5.74, 6) is -0.0465. The fourth-order valence-corrected chi connectivity index (χ4v) is 3.73. The Labute approximate surface area is 140 Å². The van der Waals surface area contributed by atoms with E-state index in [1.807, 2.05) is 29.2 Å². The normalized spacial score (nSPS) is 22.8. The van der Waals surface area contributed by atoms with Gasteiger partial charge in [-0.15, -0.1) is 0 Å². The van der Waals surface area contributed by atoms with E-state index in [1.54, 1.807) is 24.5 Å². The first-order chi connectivity index (χ1) is 11.7. The maximum absolute atomic E-state index is 12.6. The third-order valence-electron chi connectivity index (χ3n) is 5.06. The zero-order chi connectivity index (χ0) is 16.6. The Morgan fingerprint density at radius 2 is 2.04 bits per heavy atom. The van der Waals surface area contributed by atoms with Gasteiger partial charge in [0.25, 0.3) is 11.8 Å². The van der Waals surface area contributed by atoms with Gasteiger partial charge < -0.3 is 10.2 Å². The molecule has 1 fully saturated rings. The standard InChI is InChI=1S/C19H19N3O2/c23-17-16-6-2-1-4-14(16)7-8-19(21-17)9-11-22(13-19)18(24)15-5-3-10-20-12-15/h1-6,10,12H,7-9,11,13H2,(H,21,23)/t19-/m0/s1. The van der Waals surface area contributed by atoms with Crippen LogP contribution in [-0.4, -0.2) is 40.3 Å². The van der Waals surface area contributed by atoms with Crippen LogP contribution >= 0.6 is 0 Å². The molecule has 2 aliphatic heterocycles. The highest BCUT2D eigenvalue weighted by atomic mass is 16.2. The Morgan fingerprint density at radius 3 is 2.88 bits per heavy atom. The van der Waals surface area contributed by atoms with Crippen molar-refractivity contribution in [2.24, 2.45) is 0 Å². The molecule has 1 spiro atoms. The summed E-state index contributed by atoms with van der Waals surface area (Å²) < 4.78 is 0. The van der Waals surface area contributed by atoms with Gasteiger partial charge in [0.05, 0.1) is 11.1 Å². The second-order valence-corrected chi connectivity index (χ2v) is 6.61. The van der Waals surface area contributed by atoms with Crippen molar-refractivity contribution in [3.63, 3.8) is 0 Å². The first kappa shape index (κ1) is 14.9. The number of fused-ring (bicyclic) bond motifs is 1. The van der Waals surface area contributed by atoms with E-state index >= 15 is 0 Å². The van der Waals surface area contributed by atoms with Crippen LogP contribution in [-0.2, 0) is 6.42 Å². The largest absolute Gasteiger partial charge is 0.345 e. The number of benzene rings is 1. The fourth-order valence-electron chi connectivity index (χ4n) is 3.73. The molecule has 3 heterocycles. The van der Waals surface area contributed by atoms with Gasteiger partial charge in [0.1, 0.15) is 0 Å². The van der Waals surface area contributed by atoms with E-state index in [-0.39, 0.29) is 17.4 Å². The summed E-state index contributed by atoms with van der Waals surface area (Å²) in [5.41, 5.74) is 2.11. The van der Waals surface area contributed by atoms with Crippen LogP contribution in [0.25, 0.3) is 0 Å². The smallest absolute Gasteiger partial charge is 0.255 e. The number of pyridine rings is 1. The summed E-state index contributed by atoms with van der Waals surface area (Å²) >= 11 is 0. The summed E-state index contributed by atoms with van der Waals surface area (Å²) in [4.78, 5) is 31.1. The van der Waals surface area contributed by atoms with Crippen LogP contribution in [0.3, 0.4) is 0 Å². The van der Waals surface area contributed by atoms with Gasteiger partial charge in [-0.2, -0.15) is 0 Å². The van der Waals surface area contributed by atoms with E-state index < -0.39 is 0 Å². The number of aromatic nitrogens is 1. The van der Waals surface area contributed by atoms with Crippen molar-refractivity contribution in [2.45, 2.75) is 24.8 Å². The molecule has 2 amide bonds. The predicted octanol–water partition coefficient (Wildman–Crippen LogP) is 2.04. The van der Waals surface area contributed by atoms with Crippen molar-refractivity contribution < 1.29 is 9.59 Å². The molecule has 1 aromatic heterocycles. The van der Waals surface area contributed by atoms with Gasteiger partial charge >= 0.3 is 0 Å². The average Bonchev–Trinajstić information content (AvgIpc) is 2.98. The summed E-state index contributed by atoms with van der Waals surface area (Å²) in [7, 11) is 0. The van der Waals surface area contributed by atoms with E-state index in [9.17, 15) is 9.59 Å². The number of carbonyl (C=O) groups is 2. The van der Waals surface area contributed by atoms with E-state index in [0.29, 0.717) is 18.7 Å². The van der Waals surface area contributed by atoms with Gasteiger partial charge in [-0.05, 0) is 43.0 Å². The lowest BCUT2D eigenvalue weighted by Crippen LogP contribution is -2.50. The first-order valence-corrected chi connectivity index (χ1v) is 8.27. The molecule has 5 nitrogen and oxygen atoms in total. The van der Waals surface area contributed by atoms with Gasteiger partial charge in [0.2, 0.25) is 0 Å². The second-order valence-electron chi connectivity index (χ2n) is 6.61. The maximum Gasteiger partial charge on any atom is 0.255 e. The minimum Gasteiger partial charge on any atom is -0.345 e. The van der Waals surface area contributed by atoms with Crippen molar-refractivity contribution in [2.75, 3.05) is 13.1 Å². The minimum atomic E-state index is -0.325. The van der Waals surface area contributed by atoms with E-state index in [4.69, 9.17) is 0 Å². The Bertz CT molecular complexity index is 790. The van der Waals surface area contributed by atoms with Crippen LogP contribution in [0, 0.1) is 0 Å². The van der Waals surface area contributed by atoms with Crippen LogP contribution in [0.2, 0.25) is 0 Å². The number of hydrogen-bond donors (Lipinski definition) is 1. The van der Waals surface area contributed by atoms with Crippen LogP contribution in [0.1, 0.15) is 39.1 Å². The van der Waals surface area contributed by atoms with Crippen LogP contribution in [0.5, 0.6) is 0 Å². The number of likely N-dealkylation sites (tertiary alicyclic amines) is 1. The molecular formula is C19H19N3O2. The molecule has 2 aliphatic rings. The van der Waals surface area contributed by atoms with Gasteiger partial charge in [0, 0.05) is 31.0 Å². The molecule has 122 valence electrons. The molecule has 4 rings (SSSR count). The number of amides is 2. The number of hydrogen-bond acceptors (Lipinski definition) is 3. The predicted molar refractivity (Wildman–Crippen MR) is 89.7 cm³/mol. The van der Waals surface area contributed by atoms with E-state index in [0.717, 1.165) is 30.4 Å². The molecule has 0 radical (unpaired) electrons. The Morgan fingerprint density at radius 1 is 1.17 bits per heavy atom. The molecule has 5 heteroatoms. The van der Waals surface area contributed by atoms with Crippen LogP contribution in [0.4, 0.5) is 0 Å². The molecule has 0 bridgehead atoms. The molecule has 0 aliphatic carbocycles. The average molecular weight is 321 g/mol. The Balaban J connectivity index is 1.54. The summed E-state index contributed by atoms with van der Waals surface area (Å²) in [6, 6.07) is 11.3. The molecular weight excluding hydrogens is 302 g/mol. The van der Waals surface area contributed by atoms with Crippen LogP contribution in [0.15, 0.2) is 48.8 Å². The zero-order valence-corrected chi connectivity index (χ0v) is 13.4. The van der Waals surface area contributed by atoms with Crippen LogP contribution < -0.4 is 5.32 Å². The lowest BCUT2D eigenvalue weighted by Gasteiger charge is -2.29. The highest BCUT2D eigenvalue weighted by Gasteiger charge is 2.42. The summed E-state index contributed by atoms with van der Waals surface area (Å²) in [6.45, 7) is 1.21. The number of nitrogens with one attached hydrogen (secondary N) is 1. The third kappa shape index (κ3) is 2.56. The fraction of sp³-hybridized carbons (Fsp3) is 0.316. The van der Waals surface area contributed by atoms with E-state index in [2.05, 4.69) is 10.3 Å². The monoisotopic (exact) mass is 321 g/mol. The number of nitrogens with zero attached hydrogens (tertiary/aromatic N) is 2.